The minimum atomic E-state index is -0.0100. The lowest BCUT2D eigenvalue weighted by Gasteiger charge is -2.21. The predicted octanol–water partition coefficient (Wildman–Crippen LogP) is 2.37. The van der Waals surface area contributed by atoms with Gasteiger partial charge in [-0.05, 0) is 46.0 Å². The van der Waals surface area contributed by atoms with Crippen LogP contribution in [0.25, 0.3) is 0 Å². The molecule has 2 amide bonds. The predicted molar refractivity (Wildman–Crippen MR) is 79.9 cm³/mol. The van der Waals surface area contributed by atoms with Crippen LogP contribution in [-0.2, 0) is 0 Å². The second-order valence-corrected chi connectivity index (χ2v) is 4.72. The van der Waals surface area contributed by atoms with Crippen LogP contribution in [0.15, 0.2) is 36.1 Å². The van der Waals surface area contributed by atoms with Crippen molar-refractivity contribution in [1.82, 2.24) is 15.1 Å². The minimum Gasteiger partial charge on any atom is -0.323 e. The highest BCUT2D eigenvalue weighted by molar-refractivity contribution is 5.76. The Balaban J connectivity index is 2.60. The highest BCUT2D eigenvalue weighted by Gasteiger charge is 2.17. The van der Waals surface area contributed by atoms with Gasteiger partial charge in [-0.1, -0.05) is 18.2 Å². The van der Waals surface area contributed by atoms with Crippen LogP contribution in [0, 0.1) is 0 Å². The molecule has 0 radical (unpaired) electrons. The van der Waals surface area contributed by atoms with E-state index in [9.17, 15) is 4.79 Å². The number of hydrogen-bond donors (Lipinski definition) is 1. The third-order valence-corrected chi connectivity index (χ3v) is 3.07. The van der Waals surface area contributed by atoms with E-state index in [4.69, 9.17) is 0 Å². The molecule has 0 spiro atoms. The van der Waals surface area contributed by atoms with Gasteiger partial charge in [-0.25, -0.2) is 4.79 Å². The largest absolute Gasteiger partial charge is 0.323 e. The number of hydrogen-bond acceptors (Lipinski definition) is 2. The number of allylic oxidation sites excluding steroid dienone is 5. The van der Waals surface area contributed by atoms with Crippen molar-refractivity contribution in [3.05, 3.63) is 36.1 Å². The fourth-order valence-electron chi connectivity index (χ4n) is 1.97. The molecule has 1 aliphatic heterocycles. The van der Waals surface area contributed by atoms with Crippen molar-refractivity contribution in [2.45, 2.75) is 20.3 Å². The zero-order valence-corrected chi connectivity index (χ0v) is 12.2. The van der Waals surface area contributed by atoms with E-state index in [1.165, 1.54) is 0 Å². The molecule has 1 N–H and O–H groups in total. The third-order valence-electron chi connectivity index (χ3n) is 3.07. The van der Waals surface area contributed by atoms with Gasteiger partial charge >= 0.3 is 6.03 Å². The molecule has 1 heterocycles. The summed E-state index contributed by atoms with van der Waals surface area (Å²) >= 11 is 0. The first kappa shape index (κ1) is 15.5. The Morgan fingerprint density at radius 1 is 1.11 bits per heavy atom. The Kier molecular flexibility index (Phi) is 6.97. The maximum atomic E-state index is 12.2. The van der Waals surface area contributed by atoms with Crippen LogP contribution in [0.4, 0.5) is 4.79 Å². The van der Waals surface area contributed by atoms with Crippen molar-refractivity contribution >= 4 is 6.03 Å². The number of carbonyl (C=O) groups is 1. The van der Waals surface area contributed by atoms with Crippen LogP contribution in [0.2, 0.25) is 0 Å². The Morgan fingerprint density at radius 2 is 1.89 bits per heavy atom. The lowest BCUT2D eigenvalue weighted by Crippen LogP contribution is -2.41. The van der Waals surface area contributed by atoms with Gasteiger partial charge in [-0.2, -0.15) is 0 Å². The van der Waals surface area contributed by atoms with Gasteiger partial charge in [0.1, 0.15) is 0 Å². The smallest absolute Gasteiger partial charge is 0.321 e. The Morgan fingerprint density at radius 3 is 2.58 bits per heavy atom. The molecule has 0 aliphatic carbocycles. The van der Waals surface area contributed by atoms with Crippen molar-refractivity contribution in [3.8, 4) is 0 Å². The standard InChI is InChI=1S/C15H25N3O/c1-4-6-9-14(8-5-2)16-15(19)18-11-7-10-17(3)12-13-18/h4-6,8-9H,7,10-13H2,1-3H3,(H,16,19)/b6-4-,8-5-,14-9+. The fraction of sp³-hybridized carbons (Fsp3) is 0.533. The van der Waals surface area contributed by atoms with Crippen LogP contribution in [0.3, 0.4) is 0 Å². The van der Waals surface area contributed by atoms with Crippen LogP contribution in [0.1, 0.15) is 20.3 Å². The first-order chi connectivity index (χ1) is 9.17. The van der Waals surface area contributed by atoms with E-state index in [1.54, 1.807) is 0 Å². The first-order valence-corrected chi connectivity index (χ1v) is 6.87. The molecular weight excluding hydrogens is 238 g/mol. The SMILES string of the molecule is C\C=C/C=C(\C=C/C)NC(=O)N1CCCN(C)CC1. The summed E-state index contributed by atoms with van der Waals surface area (Å²) in [7, 11) is 2.10. The van der Waals surface area contributed by atoms with E-state index in [-0.39, 0.29) is 6.03 Å². The number of urea groups is 1. The van der Waals surface area contributed by atoms with Gasteiger partial charge in [0.15, 0.2) is 0 Å². The molecule has 1 aliphatic rings. The van der Waals surface area contributed by atoms with Gasteiger partial charge in [0.2, 0.25) is 0 Å². The molecule has 0 aromatic heterocycles. The van der Waals surface area contributed by atoms with Crippen LogP contribution in [0.5, 0.6) is 0 Å². The molecule has 0 aromatic carbocycles. The number of likely N-dealkylation sites (N-methyl/N-ethyl adjacent to an activating group) is 1. The summed E-state index contributed by atoms with van der Waals surface area (Å²) in [5, 5.41) is 2.96. The summed E-state index contributed by atoms with van der Waals surface area (Å²) in [5.74, 6) is 0. The summed E-state index contributed by atoms with van der Waals surface area (Å²) in [6, 6.07) is -0.0100. The van der Waals surface area contributed by atoms with Gasteiger partial charge in [-0.15, -0.1) is 0 Å². The average Bonchev–Trinajstić information content (AvgIpc) is 2.61. The quantitative estimate of drug-likeness (QED) is 0.793. The molecule has 0 unspecified atom stereocenters. The molecular formula is C15H25N3O. The second-order valence-electron chi connectivity index (χ2n) is 4.72. The summed E-state index contributed by atoms with van der Waals surface area (Å²) < 4.78 is 0. The highest BCUT2D eigenvalue weighted by atomic mass is 16.2. The Bertz CT molecular complexity index is 372. The summed E-state index contributed by atoms with van der Waals surface area (Å²) in [5.41, 5.74) is 0.822. The van der Waals surface area contributed by atoms with Crippen molar-refractivity contribution < 1.29 is 4.79 Å². The van der Waals surface area contributed by atoms with E-state index in [1.807, 2.05) is 49.1 Å². The normalized spacial score (nSPS) is 19.1. The second kappa shape index (κ2) is 8.53. The maximum Gasteiger partial charge on any atom is 0.321 e. The molecule has 1 fully saturated rings. The van der Waals surface area contributed by atoms with Crippen LogP contribution in [-0.4, -0.2) is 49.1 Å². The van der Waals surface area contributed by atoms with Gasteiger partial charge in [0, 0.05) is 25.3 Å². The van der Waals surface area contributed by atoms with Crippen LogP contribution < -0.4 is 5.32 Å². The lowest BCUT2D eigenvalue weighted by molar-refractivity contribution is 0.202. The molecule has 4 nitrogen and oxygen atoms in total. The van der Waals surface area contributed by atoms with Gasteiger partial charge in [0.25, 0.3) is 0 Å². The molecule has 0 aromatic rings. The number of amides is 2. The summed E-state index contributed by atoms with van der Waals surface area (Å²) in [6.45, 7) is 7.50. The average molecular weight is 263 g/mol. The van der Waals surface area contributed by atoms with Gasteiger partial charge < -0.3 is 15.1 Å². The molecule has 0 bridgehead atoms. The molecule has 0 saturated carbocycles. The van der Waals surface area contributed by atoms with E-state index >= 15 is 0 Å². The number of rotatable bonds is 3. The highest BCUT2D eigenvalue weighted by Crippen LogP contribution is 2.03. The molecule has 1 saturated heterocycles. The fourth-order valence-corrected chi connectivity index (χ4v) is 1.97. The zero-order valence-electron chi connectivity index (χ0n) is 12.2. The number of nitrogens with one attached hydrogen (secondary N) is 1. The number of carbonyl (C=O) groups excluding carboxylic acids is 1. The zero-order chi connectivity index (χ0) is 14.1. The first-order valence-electron chi connectivity index (χ1n) is 6.87. The van der Waals surface area contributed by atoms with Crippen molar-refractivity contribution in [3.63, 3.8) is 0 Å². The Hall–Kier alpha value is -1.55. The molecule has 4 heteroatoms. The Labute approximate surface area is 116 Å². The molecule has 19 heavy (non-hydrogen) atoms. The van der Waals surface area contributed by atoms with Crippen molar-refractivity contribution in [2.24, 2.45) is 0 Å². The lowest BCUT2D eigenvalue weighted by atomic mass is 10.3. The van der Waals surface area contributed by atoms with E-state index in [0.717, 1.165) is 38.3 Å². The number of nitrogens with zero attached hydrogens (tertiary/aromatic N) is 2. The summed E-state index contributed by atoms with van der Waals surface area (Å²) in [4.78, 5) is 16.3. The maximum absolute atomic E-state index is 12.2. The van der Waals surface area contributed by atoms with E-state index in [2.05, 4.69) is 17.3 Å². The van der Waals surface area contributed by atoms with Gasteiger partial charge in [-0.3, -0.25) is 0 Å². The van der Waals surface area contributed by atoms with Crippen molar-refractivity contribution in [1.29, 1.82) is 0 Å². The van der Waals surface area contributed by atoms with Gasteiger partial charge in [0.05, 0.1) is 0 Å². The molecule has 0 atom stereocenters. The van der Waals surface area contributed by atoms with Crippen LogP contribution >= 0.6 is 0 Å². The third kappa shape index (κ3) is 5.75. The topological polar surface area (TPSA) is 35.6 Å². The summed E-state index contributed by atoms with van der Waals surface area (Å²) in [6.07, 6.45) is 10.6. The van der Waals surface area contributed by atoms with E-state index in [0.29, 0.717) is 0 Å². The molecule has 1 rings (SSSR count). The minimum absolute atomic E-state index is 0.0100. The van der Waals surface area contributed by atoms with Crippen molar-refractivity contribution in [2.75, 3.05) is 33.2 Å². The van der Waals surface area contributed by atoms with E-state index < -0.39 is 0 Å². The molecule has 106 valence electrons. The monoisotopic (exact) mass is 263 g/mol.